The van der Waals surface area contributed by atoms with Crippen molar-refractivity contribution in [2.75, 3.05) is 10.6 Å². The van der Waals surface area contributed by atoms with Gasteiger partial charge in [0.1, 0.15) is 5.82 Å². The van der Waals surface area contributed by atoms with Crippen LogP contribution in [0.3, 0.4) is 0 Å². The zero-order valence-corrected chi connectivity index (χ0v) is 11.4. The van der Waals surface area contributed by atoms with Crippen LogP contribution in [0.4, 0.5) is 17.5 Å². The van der Waals surface area contributed by atoms with E-state index in [4.69, 9.17) is 5.73 Å². The third-order valence-electron chi connectivity index (χ3n) is 3.33. The van der Waals surface area contributed by atoms with Crippen molar-refractivity contribution in [3.05, 3.63) is 46.2 Å². The number of anilines is 3. The first-order valence-corrected chi connectivity index (χ1v) is 6.60. The molecule has 0 saturated carbocycles. The van der Waals surface area contributed by atoms with Gasteiger partial charge < -0.3 is 16.4 Å². The van der Waals surface area contributed by atoms with Gasteiger partial charge in [0.05, 0.1) is 11.5 Å². The van der Waals surface area contributed by atoms with Crippen LogP contribution in [0, 0.1) is 0 Å². The van der Waals surface area contributed by atoms with Crippen molar-refractivity contribution in [1.29, 1.82) is 0 Å². The molecule has 0 spiro atoms. The van der Waals surface area contributed by atoms with Crippen molar-refractivity contribution in [1.82, 2.24) is 9.97 Å². The highest BCUT2D eigenvalue weighted by molar-refractivity contribution is 5.99. The Morgan fingerprint density at radius 1 is 1.27 bits per heavy atom. The SMILES string of the molecule is NC(=O)[C@H]1CC(=O)Nc2nc(Nc3ccccc3)[nH]c(=O)c21. The number of carbonyl (C=O) groups is 2. The van der Waals surface area contributed by atoms with Gasteiger partial charge in [-0.2, -0.15) is 4.98 Å². The molecule has 8 nitrogen and oxygen atoms in total. The van der Waals surface area contributed by atoms with E-state index in [1.165, 1.54) is 0 Å². The number of fused-ring (bicyclic) bond motifs is 1. The maximum absolute atomic E-state index is 12.2. The smallest absolute Gasteiger partial charge is 0.258 e. The molecule has 0 unspecified atom stereocenters. The average Bonchev–Trinajstić information content (AvgIpc) is 2.46. The Bertz CT molecular complexity index is 800. The molecule has 2 aromatic rings. The highest BCUT2D eigenvalue weighted by Crippen LogP contribution is 2.28. The number of aromatic amines is 1. The summed E-state index contributed by atoms with van der Waals surface area (Å²) in [6, 6.07) is 9.09. The number of benzene rings is 1. The predicted molar refractivity (Wildman–Crippen MR) is 79.8 cm³/mol. The van der Waals surface area contributed by atoms with E-state index < -0.39 is 23.3 Å². The summed E-state index contributed by atoms with van der Waals surface area (Å²) in [4.78, 5) is 42.0. The summed E-state index contributed by atoms with van der Waals surface area (Å²) in [6.45, 7) is 0. The molecule has 0 bridgehead atoms. The maximum Gasteiger partial charge on any atom is 0.258 e. The van der Waals surface area contributed by atoms with Crippen LogP contribution in [0.1, 0.15) is 17.9 Å². The molecule has 22 heavy (non-hydrogen) atoms. The van der Waals surface area contributed by atoms with E-state index in [1.807, 2.05) is 18.2 Å². The maximum atomic E-state index is 12.2. The van der Waals surface area contributed by atoms with Gasteiger partial charge >= 0.3 is 0 Å². The molecule has 112 valence electrons. The number of H-pyrrole nitrogens is 1. The Hall–Kier alpha value is -3.16. The molecule has 5 N–H and O–H groups in total. The van der Waals surface area contributed by atoms with Crippen molar-refractivity contribution >= 4 is 29.3 Å². The van der Waals surface area contributed by atoms with Crippen molar-refractivity contribution < 1.29 is 9.59 Å². The summed E-state index contributed by atoms with van der Waals surface area (Å²) in [7, 11) is 0. The Kier molecular flexibility index (Phi) is 3.34. The van der Waals surface area contributed by atoms with Crippen LogP contribution >= 0.6 is 0 Å². The molecule has 3 rings (SSSR count). The lowest BCUT2D eigenvalue weighted by atomic mass is 9.93. The minimum Gasteiger partial charge on any atom is -0.369 e. The number of amides is 2. The van der Waals surface area contributed by atoms with Crippen molar-refractivity contribution in [2.45, 2.75) is 12.3 Å². The van der Waals surface area contributed by atoms with Crippen LogP contribution in [0.25, 0.3) is 0 Å². The van der Waals surface area contributed by atoms with E-state index in [-0.39, 0.29) is 23.8 Å². The first-order chi connectivity index (χ1) is 10.5. The number of nitrogens with zero attached hydrogens (tertiary/aromatic N) is 1. The number of aromatic nitrogens is 2. The number of carbonyl (C=O) groups excluding carboxylic acids is 2. The van der Waals surface area contributed by atoms with E-state index in [9.17, 15) is 14.4 Å². The van der Waals surface area contributed by atoms with E-state index in [2.05, 4.69) is 20.6 Å². The third kappa shape index (κ3) is 2.53. The molecule has 0 aliphatic carbocycles. The van der Waals surface area contributed by atoms with E-state index in [0.29, 0.717) is 0 Å². The van der Waals surface area contributed by atoms with E-state index in [0.717, 1.165) is 5.69 Å². The normalized spacial score (nSPS) is 16.5. The summed E-state index contributed by atoms with van der Waals surface area (Å²) in [5, 5.41) is 5.41. The molecule has 0 saturated heterocycles. The van der Waals surface area contributed by atoms with Gasteiger partial charge in [0, 0.05) is 12.1 Å². The fourth-order valence-electron chi connectivity index (χ4n) is 2.33. The predicted octanol–water partition coefficient (Wildman–Crippen LogP) is 0.425. The van der Waals surface area contributed by atoms with Gasteiger partial charge in [-0.25, -0.2) is 0 Å². The Morgan fingerprint density at radius 3 is 2.68 bits per heavy atom. The highest BCUT2D eigenvalue weighted by Gasteiger charge is 2.33. The monoisotopic (exact) mass is 299 g/mol. The second kappa shape index (κ2) is 5.32. The van der Waals surface area contributed by atoms with Crippen LogP contribution in [-0.2, 0) is 9.59 Å². The summed E-state index contributed by atoms with van der Waals surface area (Å²) >= 11 is 0. The fraction of sp³-hybridized carbons (Fsp3) is 0.143. The molecule has 1 aliphatic heterocycles. The number of hydrogen-bond acceptors (Lipinski definition) is 5. The Morgan fingerprint density at radius 2 is 2.00 bits per heavy atom. The van der Waals surface area contributed by atoms with Crippen molar-refractivity contribution in [2.24, 2.45) is 5.73 Å². The number of nitrogens with one attached hydrogen (secondary N) is 3. The molecular weight excluding hydrogens is 286 g/mol. The largest absolute Gasteiger partial charge is 0.369 e. The number of primary amides is 1. The second-order valence-electron chi connectivity index (χ2n) is 4.88. The molecule has 1 aromatic carbocycles. The quantitative estimate of drug-likeness (QED) is 0.652. The van der Waals surface area contributed by atoms with E-state index in [1.54, 1.807) is 12.1 Å². The minimum absolute atomic E-state index is 0.0576. The average molecular weight is 299 g/mol. The summed E-state index contributed by atoms with van der Waals surface area (Å²) in [5.74, 6) is -1.87. The minimum atomic E-state index is -0.967. The zero-order chi connectivity index (χ0) is 15.7. The molecule has 1 aliphatic rings. The van der Waals surface area contributed by atoms with Crippen molar-refractivity contribution in [3.63, 3.8) is 0 Å². The van der Waals surface area contributed by atoms with E-state index >= 15 is 0 Å². The molecule has 1 aromatic heterocycles. The number of hydrogen-bond donors (Lipinski definition) is 4. The Labute approximate surface area is 124 Å². The van der Waals surface area contributed by atoms with Gasteiger partial charge in [-0.15, -0.1) is 0 Å². The Balaban J connectivity index is 2.02. The second-order valence-corrected chi connectivity index (χ2v) is 4.88. The summed E-state index contributed by atoms with van der Waals surface area (Å²) < 4.78 is 0. The molecule has 0 radical (unpaired) electrons. The van der Waals surface area contributed by atoms with Crippen LogP contribution in [-0.4, -0.2) is 21.8 Å². The lowest BCUT2D eigenvalue weighted by Crippen LogP contribution is -2.36. The summed E-state index contributed by atoms with van der Waals surface area (Å²) in [5.41, 5.74) is 5.56. The number of rotatable bonds is 3. The fourth-order valence-corrected chi connectivity index (χ4v) is 2.33. The topological polar surface area (TPSA) is 130 Å². The van der Waals surface area contributed by atoms with Crippen LogP contribution < -0.4 is 21.9 Å². The third-order valence-corrected chi connectivity index (χ3v) is 3.33. The summed E-state index contributed by atoms with van der Waals surface area (Å²) in [6.07, 6.45) is -0.154. The molecular formula is C14H13N5O3. The first kappa shape index (κ1) is 13.8. The zero-order valence-electron chi connectivity index (χ0n) is 11.4. The molecule has 0 fully saturated rings. The number of para-hydroxylation sites is 1. The lowest BCUT2D eigenvalue weighted by Gasteiger charge is -2.21. The van der Waals surface area contributed by atoms with Gasteiger partial charge in [-0.05, 0) is 12.1 Å². The molecule has 1 atom stereocenters. The van der Waals surface area contributed by atoms with Gasteiger partial charge in [0.15, 0.2) is 0 Å². The van der Waals surface area contributed by atoms with Crippen LogP contribution in [0.5, 0.6) is 0 Å². The first-order valence-electron chi connectivity index (χ1n) is 6.60. The number of nitrogens with two attached hydrogens (primary N) is 1. The van der Waals surface area contributed by atoms with Crippen LogP contribution in [0.15, 0.2) is 35.1 Å². The van der Waals surface area contributed by atoms with Gasteiger partial charge in [-0.1, -0.05) is 18.2 Å². The van der Waals surface area contributed by atoms with Crippen molar-refractivity contribution in [3.8, 4) is 0 Å². The molecule has 8 heteroatoms. The van der Waals surface area contributed by atoms with Gasteiger partial charge in [0.2, 0.25) is 17.8 Å². The molecule has 2 amide bonds. The lowest BCUT2D eigenvalue weighted by molar-refractivity contribution is -0.124. The van der Waals surface area contributed by atoms with Crippen LogP contribution in [0.2, 0.25) is 0 Å². The highest BCUT2D eigenvalue weighted by atomic mass is 16.2. The van der Waals surface area contributed by atoms with Gasteiger partial charge in [-0.3, -0.25) is 19.4 Å². The molecule has 2 heterocycles. The van der Waals surface area contributed by atoms with Gasteiger partial charge in [0.25, 0.3) is 5.56 Å². The standard InChI is InChI=1S/C14H13N5O3/c15-11(21)8-6-9(20)17-12-10(8)13(22)19-14(18-12)16-7-4-2-1-3-5-7/h1-5,8H,6H2,(H2,15,21)(H3,16,17,18,19,20,22)/t8-/m0/s1.